The van der Waals surface area contributed by atoms with Crippen LogP contribution >= 0.6 is 0 Å². The Kier molecular flexibility index (Phi) is 18.7. The lowest BCUT2D eigenvalue weighted by Gasteiger charge is -2.52. The number of terminal acetylenes is 1. The Bertz CT molecular complexity index is 1300. The van der Waals surface area contributed by atoms with Crippen molar-refractivity contribution in [1.29, 1.82) is 0 Å². The molecule has 0 aromatic rings. The minimum Gasteiger partial charge on any atom is -0.465 e. The molecule has 1 fully saturated rings. The lowest BCUT2D eigenvalue weighted by molar-refractivity contribution is -0.337. The fourth-order valence-corrected chi connectivity index (χ4v) is 4.81. The first-order valence-electron chi connectivity index (χ1n) is 15.8. The molecule has 0 aliphatic carbocycles. The number of hydrogen-bond acceptors (Lipinski definition) is 16. The van der Waals surface area contributed by atoms with Gasteiger partial charge in [-0.25, -0.2) is 9.59 Å². The molecule has 1 heterocycles. The van der Waals surface area contributed by atoms with Gasteiger partial charge in [0.2, 0.25) is 5.91 Å². The molecule has 7 atom stereocenters. The van der Waals surface area contributed by atoms with E-state index in [1.54, 1.807) is 20.8 Å². The summed E-state index contributed by atoms with van der Waals surface area (Å²) in [6, 6.07) is -3.26. The normalized spacial score (nSPS) is 22.4. The van der Waals surface area contributed by atoms with Gasteiger partial charge in [0.15, 0.2) is 12.2 Å². The van der Waals surface area contributed by atoms with E-state index in [2.05, 4.69) is 26.6 Å². The molecule has 0 radical (unpaired) electrons. The van der Waals surface area contributed by atoms with Crippen LogP contribution in [0.3, 0.4) is 0 Å². The molecule has 0 bridgehead atoms. The molecule has 0 saturated carbocycles. The van der Waals surface area contributed by atoms with Crippen molar-refractivity contribution >= 4 is 35.9 Å². The maximum Gasteiger partial charge on any atom is 0.408 e. The Labute approximate surface area is 295 Å². The van der Waals surface area contributed by atoms with Gasteiger partial charge in [-0.1, -0.05) is 18.0 Å². The maximum absolute atomic E-state index is 13.8. The number of nitrogens with zero attached hydrogens (tertiary/aromatic N) is 3. The topological polar surface area (TPSA) is 258 Å². The van der Waals surface area contributed by atoms with Crippen LogP contribution < -0.4 is 10.6 Å². The molecular formula is C31H47N5O15. The molecule has 2 N–H and O–H groups in total. The number of carbonyl (C=O) groups is 6. The van der Waals surface area contributed by atoms with E-state index >= 15 is 0 Å². The van der Waals surface area contributed by atoms with Crippen LogP contribution in [0.1, 0.15) is 54.9 Å². The molecule has 0 unspecified atom stereocenters. The van der Waals surface area contributed by atoms with E-state index in [9.17, 15) is 28.8 Å². The third-order valence-corrected chi connectivity index (χ3v) is 6.58. The molecule has 1 aliphatic heterocycles. The van der Waals surface area contributed by atoms with E-state index in [0.29, 0.717) is 0 Å². The standard InChI is InChI=1S/C31H47N5O15/c1-10-12-44-13-14-45-15-16-46-31(28(41)43-9)27(49-20(5)39)24(34-22(40)11-2)23(35-29(42)51-30(6,7)8)26(50-31)25(48-19(4)38)21(17-33-36-32)47-18(3)37/h1,21,23-27H,11-17H2,2-9H3,(H,34,40)(H,35,42)/t21-,23-,24-,25-,26-,27+,31-/m1/s1. The van der Waals surface area contributed by atoms with E-state index in [1.165, 1.54) is 6.92 Å². The molecule has 1 saturated heterocycles. The number of amides is 2. The maximum atomic E-state index is 13.8. The molecular weight excluding hydrogens is 682 g/mol. The molecule has 2 amide bonds. The fourth-order valence-electron chi connectivity index (χ4n) is 4.81. The van der Waals surface area contributed by atoms with Crippen LogP contribution in [0, 0.1) is 12.3 Å². The Morgan fingerprint density at radius 1 is 0.961 bits per heavy atom. The highest BCUT2D eigenvalue weighted by Crippen LogP contribution is 2.38. The monoisotopic (exact) mass is 729 g/mol. The summed E-state index contributed by atoms with van der Waals surface area (Å²) in [5.74, 6) is -5.32. The zero-order valence-electron chi connectivity index (χ0n) is 30.0. The van der Waals surface area contributed by atoms with Crippen molar-refractivity contribution in [3.05, 3.63) is 10.4 Å². The first kappa shape index (κ1) is 44.4. The zero-order valence-corrected chi connectivity index (χ0v) is 30.0. The summed E-state index contributed by atoms with van der Waals surface area (Å²) in [5, 5.41) is 8.60. The van der Waals surface area contributed by atoms with Crippen LogP contribution in [0.15, 0.2) is 5.11 Å². The van der Waals surface area contributed by atoms with Crippen molar-refractivity contribution in [2.75, 3.05) is 46.7 Å². The lowest BCUT2D eigenvalue weighted by Crippen LogP contribution is -2.78. The van der Waals surface area contributed by atoms with Crippen LogP contribution in [0.25, 0.3) is 10.4 Å². The highest BCUT2D eigenvalue weighted by Gasteiger charge is 2.66. The van der Waals surface area contributed by atoms with Crippen LogP contribution in [-0.2, 0) is 66.6 Å². The van der Waals surface area contributed by atoms with E-state index in [4.69, 9.17) is 54.6 Å². The SMILES string of the molecule is C#CCOCCOCCO[C@@]1(C(=O)OC)O[C@@H]([C@H](OC(C)=O)[C@@H](CN=[N+]=[N-])OC(C)=O)[C@H](NC(=O)OC(C)(C)C)[C@@H](NC(=O)CC)[C@@H]1OC(C)=O. The average Bonchev–Trinajstić information content (AvgIpc) is 3.03. The number of methoxy groups -OCH3 is 1. The van der Waals surface area contributed by atoms with Crippen molar-refractivity contribution < 1.29 is 71.4 Å². The first-order chi connectivity index (χ1) is 24.0. The minimum absolute atomic E-state index is 0.0471. The first-order valence-corrected chi connectivity index (χ1v) is 15.8. The second kappa shape index (κ2) is 21.5. The van der Waals surface area contributed by atoms with Gasteiger partial charge in [-0.2, -0.15) is 0 Å². The summed E-state index contributed by atoms with van der Waals surface area (Å²) in [7, 11) is 0.966. The molecule has 1 aliphatic rings. The van der Waals surface area contributed by atoms with Gasteiger partial charge < -0.3 is 53.3 Å². The van der Waals surface area contributed by atoms with Crippen molar-refractivity contribution in [1.82, 2.24) is 10.6 Å². The Hall–Kier alpha value is -4.67. The Morgan fingerprint density at radius 2 is 1.59 bits per heavy atom. The van der Waals surface area contributed by atoms with Crippen molar-refractivity contribution in [3.8, 4) is 12.3 Å². The number of rotatable bonds is 19. The largest absolute Gasteiger partial charge is 0.465 e. The second-order valence-electron chi connectivity index (χ2n) is 11.7. The van der Waals surface area contributed by atoms with E-state index in [1.807, 2.05) is 0 Å². The number of carbonyl (C=O) groups excluding carboxylic acids is 6. The van der Waals surface area contributed by atoms with Crippen LogP contribution in [0.4, 0.5) is 4.79 Å². The van der Waals surface area contributed by atoms with Crippen LogP contribution in [0.5, 0.6) is 0 Å². The Balaban J connectivity index is 4.09. The summed E-state index contributed by atoms with van der Waals surface area (Å²) < 4.78 is 49.9. The molecule has 0 aromatic heterocycles. The second-order valence-corrected chi connectivity index (χ2v) is 11.7. The molecule has 20 heteroatoms. The number of azide groups is 1. The summed E-state index contributed by atoms with van der Waals surface area (Å²) in [4.78, 5) is 80.3. The summed E-state index contributed by atoms with van der Waals surface area (Å²) in [6.07, 6.45) is -3.27. The van der Waals surface area contributed by atoms with Gasteiger partial charge in [-0.05, 0) is 26.3 Å². The summed E-state index contributed by atoms with van der Waals surface area (Å²) >= 11 is 0. The van der Waals surface area contributed by atoms with Gasteiger partial charge in [0.05, 0.1) is 52.2 Å². The highest BCUT2D eigenvalue weighted by molar-refractivity contribution is 5.81. The molecule has 0 spiro atoms. The van der Waals surface area contributed by atoms with Crippen LogP contribution in [-0.4, -0.2) is 130 Å². The van der Waals surface area contributed by atoms with Gasteiger partial charge in [-0.3, -0.25) is 19.2 Å². The summed E-state index contributed by atoms with van der Waals surface area (Å²) in [6.45, 7) is 8.15. The smallest absolute Gasteiger partial charge is 0.408 e. The van der Waals surface area contributed by atoms with Crippen molar-refractivity contribution in [3.63, 3.8) is 0 Å². The van der Waals surface area contributed by atoms with E-state index in [0.717, 1.165) is 27.9 Å². The minimum atomic E-state index is -2.79. The number of hydrogen-bond donors (Lipinski definition) is 2. The van der Waals surface area contributed by atoms with Gasteiger partial charge in [0.25, 0.3) is 0 Å². The molecule has 51 heavy (non-hydrogen) atoms. The third kappa shape index (κ3) is 14.6. The molecule has 20 nitrogen and oxygen atoms in total. The quantitative estimate of drug-likeness (QED) is 0.0355. The lowest BCUT2D eigenvalue weighted by atomic mass is 9.84. The third-order valence-electron chi connectivity index (χ3n) is 6.58. The number of esters is 4. The molecule has 0 aromatic carbocycles. The number of nitrogens with one attached hydrogen (secondary N) is 2. The fraction of sp³-hybridized carbons (Fsp3) is 0.742. The zero-order chi connectivity index (χ0) is 38.8. The predicted octanol–water partition coefficient (Wildman–Crippen LogP) is 0.831. The number of ether oxygens (including phenoxy) is 9. The van der Waals surface area contributed by atoms with Gasteiger partial charge in [-0.15, -0.1) is 6.42 Å². The van der Waals surface area contributed by atoms with Crippen molar-refractivity contribution in [2.45, 2.75) is 103 Å². The van der Waals surface area contributed by atoms with Crippen molar-refractivity contribution in [2.24, 2.45) is 5.11 Å². The highest BCUT2D eigenvalue weighted by atomic mass is 16.8. The van der Waals surface area contributed by atoms with E-state index < -0.39 is 96.9 Å². The van der Waals surface area contributed by atoms with Gasteiger partial charge in [0.1, 0.15) is 24.4 Å². The van der Waals surface area contributed by atoms with Gasteiger partial charge in [0, 0.05) is 32.1 Å². The van der Waals surface area contributed by atoms with Crippen LogP contribution in [0.2, 0.25) is 0 Å². The molecule has 1 rings (SSSR count). The average molecular weight is 730 g/mol. The Morgan fingerprint density at radius 3 is 2.12 bits per heavy atom. The van der Waals surface area contributed by atoms with Gasteiger partial charge >= 0.3 is 35.8 Å². The predicted molar refractivity (Wildman–Crippen MR) is 172 cm³/mol. The number of alkyl carbamates (subject to hydrolysis) is 1. The molecule has 286 valence electrons. The van der Waals surface area contributed by atoms with E-state index in [-0.39, 0.29) is 32.8 Å². The summed E-state index contributed by atoms with van der Waals surface area (Å²) in [5.41, 5.74) is 8.02.